The van der Waals surface area contributed by atoms with Gasteiger partial charge in [-0.05, 0) is 67.9 Å². The summed E-state index contributed by atoms with van der Waals surface area (Å²) in [5.41, 5.74) is 0.0994. The van der Waals surface area contributed by atoms with E-state index in [4.69, 9.17) is 9.47 Å². The molecule has 0 radical (unpaired) electrons. The van der Waals surface area contributed by atoms with E-state index in [1.807, 2.05) is 0 Å². The first-order valence-electron chi connectivity index (χ1n) is 11.8. The lowest BCUT2D eigenvalue weighted by atomic mass is 10.0. The maximum atomic E-state index is 13.6. The minimum absolute atomic E-state index is 0.00229. The minimum atomic E-state index is -4.88. The Kier molecular flexibility index (Phi) is 7.98. The number of carbonyl (C=O) groups excluding carboxylic acids is 1. The third kappa shape index (κ3) is 6.37. The number of fused-ring (bicyclic) bond motifs is 1. The lowest BCUT2D eigenvalue weighted by molar-refractivity contribution is -0.391. The number of benzene rings is 2. The second-order valence-electron chi connectivity index (χ2n) is 8.84. The Balaban J connectivity index is 1.42. The van der Waals surface area contributed by atoms with Gasteiger partial charge < -0.3 is 34.3 Å². The number of nitrogens with zero attached hydrogens (tertiary/aromatic N) is 1. The molecule has 0 spiro atoms. The van der Waals surface area contributed by atoms with Crippen molar-refractivity contribution in [2.45, 2.75) is 43.6 Å². The van der Waals surface area contributed by atoms with Gasteiger partial charge in [0.15, 0.2) is 11.5 Å². The van der Waals surface area contributed by atoms with Gasteiger partial charge >= 0.3 is 12.2 Å². The van der Waals surface area contributed by atoms with Crippen LogP contribution in [0.5, 0.6) is 23.0 Å². The second-order valence-corrected chi connectivity index (χ2v) is 8.84. The van der Waals surface area contributed by atoms with Gasteiger partial charge in [0.1, 0.15) is 17.6 Å². The van der Waals surface area contributed by atoms with Crippen molar-refractivity contribution in [1.29, 1.82) is 0 Å². The molecule has 0 bridgehead atoms. The molecule has 2 N–H and O–H groups in total. The summed E-state index contributed by atoms with van der Waals surface area (Å²) >= 11 is 0. The molecule has 1 amide bonds. The number of hydrogen-bond donors (Lipinski definition) is 2. The van der Waals surface area contributed by atoms with Crippen molar-refractivity contribution >= 4 is 5.91 Å². The van der Waals surface area contributed by atoms with Gasteiger partial charge in [-0.15, -0.1) is 0 Å². The van der Waals surface area contributed by atoms with Crippen LogP contribution in [0.2, 0.25) is 0 Å². The largest absolute Gasteiger partial charge is 0.507 e. The molecule has 0 aliphatic carbocycles. The number of nitrogens with one attached hydrogen (secondary N) is 1. The van der Waals surface area contributed by atoms with Crippen LogP contribution >= 0.6 is 0 Å². The van der Waals surface area contributed by atoms with Crippen molar-refractivity contribution in [1.82, 2.24) is 10.2 Å². The summed E-state index contributed by atoms with van der Waals surface area (Å²) in [6.45, 7) is 1.94. The highest BCUT2D eigenvalue weighted by molar-refractivity contribution is 5.76. The molecule has 2 aromatic carbocycles. The molecule has 2 aliphatic rings. The lowest BCUT2D eigenvalue weighted by Crippen LogP contribution is -2.52. The molecule has 4 rings (SSSR count). The van der Waals surface area contributed by atoms with Crippen LogP contribution in [-0.2, 0) is 4.79 Å². The van der Waals surface area contributed by atoms with E-state index in [1.165, 1.54) is 6.07 Å². The van der Waals surface area contributed by atoms with Gasteiger partial charge in [-0.1, -0.05) is 6.07 Å². The molecule has 2 aromatic rings. The number of alkyl halides is 4. The van der Waals surface area contributed by atoms with Crippen LogP contribution < -0.4 is 24.3 Å². The average Bonchev–Trinajstić information content (AvgIpc) is 3.37. The first kappa shape index (κ1) is 26.8. The number of amides is 1. The number of aliphatic hydroxyl groups is 1. The highest BCUT2D eigenvalue weighted by Crippen LogP contribution is 2.47. The quantitative estimate of drug-likeness (QED) is 0.455. The highest BCUT2D eigenvalue weighted by atomic mass is 19.3. The fourth-order valence-electron chi connectivity index (χ4n) is 4.18. The normalized spacial score (nSPS) is 19.6. The average molecular weight is 528 g/mol. The van der Waals surface area contributed by atoms with Crippen LogP contribution in [0.4, 0.5) is 17.6 Å². The third-order valence-corrected chi connectivity index (χ3v) is 6.16. The molecule has 0 aromatic heterocycles. The summed E-state index contributed by atoms with van der Waals surface area (Å²) in [6, 6.07) is 9.35. The third-order valence-electron chi connectivity index (χ3n) is 6.16. The first-order valence-corrected chi connectivity index (χ1v) is 11.8. The maximum Gasteiger partial charge on any atom is 0.507 e. The van der Waals surface area contributed by atoms with Gasteiger partial charge in [0.25, 0.3) is 0 Å². The predicted molar refractivity (Wildman–Crippen MR) is 123 cm³/mol. The molecule has 2 heterocycles. The fourth-order valence-corrected chi connectivity index (χ4v) is 4.18. The zero-order valence-electron chi connectivity index (χ0n) is 20.1. The number of aliphatic hydroxyl groups excluding tert-OH is 1. The van der Waals surface area contributed by atoms with Crippen molar-refractivity contribution in [3.8, 4) is 23.0 Å². The second kappa shape index (κ2) is 11.0. The Morgan fingerprint density at radius 2 is 1.65 bits per heavy atom. The van der Waals surface area contributed by atoms with E-state index in [2.05, 4.69) is 19.7 Å². The zero-order valence-corrected chi connectivity index (χ0v) is 20.1. The number of hydrogen-bond acceptors (Lipinski definition) is 7. The maximum absolute atomic E-state index is 13.6. The molecule has 1 fully saturated rings. The SMILES string of the molecule is COc1ccc(OCCC(=O)N[C@H](CN2CCCC2)[C@H](O)c2ccc3c(c2)OC(F)(F)C(F)(F)O3)cc1. The fraction of sp³-hybridized carbons (Fsp3) is 0.480. The topological polar surface area (TPSA) is 89.5 Å². The number of halogens is 4. The number of methoxy groups -OCH3 is 1. The van der Waals surface area contributed by atoms with E-state index >= 15 is 0 Å². The van der Waals surface area contributed by atoms with E-state index in [9.17, 15) is 27.5 Å². The number of carbonyl (C=O) groups is 1. The van der Waals surface area contributed by atoms with Gasteiger partial charge in [-0.2, -0.15) is 17.6 Å². The number of ether oxygens (including phenoxy) is 4. The summed E-state index contributed by atoms with van der Waals surface area (Å²) in [4.78, 5) is 14.7. The monoisotopic (exact) mass is 528 g/mol. The van der Waals surface area contributed by atoms with Gasteiger partial charge in [0.2, 0.25) is 5.91 Å². The van der Waals surface area contributed by atoms with E-state index in [0.29, 0.717) is 18.0 Å². The van der Waals surface area contributed by atoms with Crippen LogP contribution in [0, 0.1) is 0 Å². The van der Waals surface area contributed by atoms with Gasteiger partial charge in [0.05, 0.1) is 26.2 Å². The smallest absolute Gasteiger partial charge is 0.497 e. The molecule has 8 nitrogen and oxygen atoms in total. The van der Waals surface area contributed by atoms with E-state index in [1.54, 1.807) is 31.4 Å². The molecule has 37 heavy (non-hydrogen) atoms. The van der Waals surface area contributed by atoms with Crippen LogP contribution in [0.3, 0.4) is 0 Å². The van der Waals surface area contributed by atoms with E-state index in [-0.39, 0.29) is 24.5 Å². The van der Waals surface area contributed by atoms with Crippen LogP contribution in [0.25, 0.3) is 0 Å². The minimum Gasteiger partial charge on any atom is -0.497 e. The summed E-state index contributed by atoms with van der Waals surface area (Å²) in [5, 5.41) is 13.8. The Hall–Kier alpha value is -3.25. The highest BCUT2D eigenvalue weighted by Gasteiger charge is 2.66. The molecular weight excluding hydrogens is 500 g/mol. The van der Waals surface area contributed by atoms with Crippen molar-refractivity contribution < 1.29 is 46.4 Å². The van der Waals surface area contributed by atoms with Gasteiger partial charge in [0, 0.05) is 6.54 Å². The van der Waals surface area contributed by atoms with Crippen molar-refractivity contribution in [2.75, 3.05) is 33.4 Å². The Bertz CT molecular complexity index is 1080. The van der Waals surface area contributed by atoms with Crippen molar-refractivity contribution in [3.63, 3.8) is 0 Å². The summed E-state index contributed by atoms with van der Waals surface area (Å²) in [5.74, 6) is -0.379. The Labute approximate surface area is 211 Å². The zero-order chi connectivity index (χ0) is 26.6. The lowest BCUT2D eigenvalue weighted by Gasteiger charge is -2.33. The molecular formula is C25H28F4N2O6. The van der Waals surface area contributed by atoms with Crippen LogP contribution in [0.1, 0.15) is 30.9 Å². The predicted octanol–water partition coefficient (Wildman–Crippen LogP) is 3.74. The van der Waals surface area contributed by atoms with Crippen LogP contribution in [0.15, 0.2) is 42.5 Å². The Morgan fingerprint density at radius 3 is 2.30 bits per heavy atom. The van der Waals surface area contributed by atoms with Crippen molar-refractivity contribution in [2.24, 2.45) is 0 Å². The molecule has 12 heteroatoms. The molecule has 2 aliphatic heterocycles. The van der Waals surface area contributed by atoms with Crippen LogP contribution in [-0.4, -0.2) is 67.5 Å². The number of likely N-dealkylation sites (tertiary alicyclic amines) is 1. The summed E-state index contributed by atoms with van der Waals surface area (Å²) in [7, 11) is 1.55. The standard InChI is InChI=1S/C25H28F4N2O6/c1-34-17-5-7-18(8-6-17)35-13-10-22(32)30-19(15-31-11-2-3-12-31)23(33)16-4-9-20-21(14-16)37-25(28,29)24(26,27)36-20/h4-9,14,19,23,33H,2-3,10-13,15H2,1H3,(H,30,32)/t19-,23-/m1/s1. The first-order chi connectivity index (χ1) is 17.6. The molecule has 1 saturated heterocycles. The van der Waals surface area contributed by atoms with Crippen molar-refractivity contribution in [3.05, 3.63) is 48.0 Å². The molecule has 0 unspecified atom stereocenters. The number of rotatable bonds is 10. The summed E-state index contributed by atoms with van der Waals surface area (Å²) < 4.78 is 73.1. The van der Waals surface area contributed by atoms with Gasteiger partial charge in [-0.25, -0.2) is 0 Å². The molecule has 0 saturated carbocycles. The molecule has 2 atom stereocenters. The van der Waals surface area contributed by atoms with E-state index < -0.39 is 35.9 Å². The van der Waals surface area contributed by atoms with Gasteiger partial charge in [-0.3, -0.25) is 4.79 Å². The molecule has 202 valence electrons. The Morgan fingerprint density at radius 1 is 1.03 bits per heavy atom. The summed E-state index contributed by atoms with van der Waals surface area (Å²) in [6.07, 6.45) is -9.11. The van der Waals surface area contributed by atoms with E-state index in [0.717, 1.165) is 38.1 Å².